The first-order chi connectivity index (χ1) is 15.2. The Kier molecular flexibility index (Phi) is 7.44. The lowest BCUT2D eigenvalue weighted by molar-refractivity contribution is 0.0843. The second-order valence-electron chi connectivity index (χ2n) is 7.33. The lowest BCUT2D eigenvalue weighted by atomic mass is 10.2. The van der Waals surface area contributed by atoms with Crippen LogP contribution in [-0.2, 0) is 10.0 Å². The lowest BCUT2D eigenvalue weighted by Gasteiger charge is -2.15. The van der Waals surface area contributed by atoms with Gasteiger partial charge in [0.25, 0.3) is 5.91 Å². The van der Waals surface area contributed by atoms with E-state index in [9.17, 15) is 18.3 Å². The zero-order valence-electron chi connectivity index (χ0n) is 18.0. The lowest BCUT2D eigenvalue weighted by Crippen LogP contribution is -2.35. The number of rotatable bonds is 10. The summed E-state index contributed by atoms with van der Waals surface area (Å²) in [5.74, 6) is 1.24. The minimum Gasteiger partial charge on any atom is -0.495 e. The summed E-state index contributed by atoms with van der Waals surface area (Å²) in [4.78, 5) is 12.4. The van der Waals surface area contributed by atoms with Crippen LogP contribution >= 0.6 is 0 Å². The van der Waals surface area contributed by atoms with Crippen LogP contribution < -0.4 is 29.0 Å². The van der Waals surface area contributed by atoms with E-state index in [0.29, 0.717) is 17.2 Å². The van der Waals surface area contributed by atoms with Crippen molar-refractivity contribution in [2.24, 2.45) is 0 Å². The molecule has 11 heteroatoms. The predicted molar refractivity (Wildman–Crippen MR) is 115 cm³/mol. The Balaban J connectivity index is 1.58. The molecule has 0 aliphatic carbocycles. The van der Waals surface area contributed by atoms with Crippen molar-refractivity contribution in [2.75, 3.05) is 27.1 Å². The highest BCUT2D eigenvalue weighted by Gasteiger charge is 2.23. The molecule has 1 heterocycles. The van der Waals surface area contributed by atoms with Crippen molar-refractivity contribution < 1.29 is 37.3 Å². The highest BCUT2D eigenvalue weighted by atomic mass is 32.2. The maximum absolute atomic E-state index is 12.6. The van der Waals surface area contributed by atoms with Gasteiger partial charge in [0.2, 0.25) is 16.8 Å². The van der Waals surface area contributed by atoms with E-state index in [-0.39, 0.29) is 42.2 Å². The Hall–Kier alpha value is -3.02. The Morgan fingerprint density at radius 2 is 1.91 bits per heavy atom. The molecule has 1 aliphatic rings. The van der Waals surface area contributed by atoms with E-state index in [1.165, 1.54) is 25.3 Å². The van der Waals surface area contributed by atoms with Crippen LogP contribution in [0.1, 0.15) is 24.2 Å². The SMILES string of the molecule is COc1ccc(C(=O)NCC(O)COc2ccc3c(c2)OCO3)cc1S(=O)(=O)NC(C)C. The molecule has 0 spiro atoms. The largest absolute Gasteiger partial charge is 0.495 e. The van der Waals surface area contributed by atoms with Crippen LogP contribution in [0.25, 0.3) is 0 Å². The van der Waals surface area contributed by atoms with Gasteiger partial charge in [-0.2, -0.15) is 0 Å². The summed E-state index contributed by atoms with van der Waals surface area (Å²) in [6, 6.07) is 8.79. The van der Waals surface area contributed by atoms with E-state index in [0.717, 1.165) is 0 Å². The molecule has 1 atom stereocenters. The first-order valence-electron chi connectivity index (χ1n) is 9.88. The van der Waals surface area contributed by atoms with Crippen LogP contribution in [0.15, 0.2) is 41.3 Å². The van der Waals surface area contributed by atoms with Crippen LogP contribution in [0.2, 0.25) is 0 Å². The fraction of sp³-hybridized carbons (Fsp3) is 0.381. The number of hydrogen-bond acceptors (Lipinski definition) is 8. The van der Waals surface area contributed by atoms with E-state index in [1.54, 1.807) is 32.0 Å². The molecule has 3 N–H and O–H groups in total. The monoisotopic (exact) mass is 466 g/mol. The third-order valence-electron chi connectivity index (χ3n) is 4.39. The topological polar surface area (TPSA) is 132 Å². The van der Waals surface area contributed by atoms with Gasteiger partial charge >= 0.3 is 0 Å². The summed E-state index contributed by atoms with van der Waals surface area (Å²) >= 11 is 0. The highest BCUT2D eigenvalue weighted by molar-refractivity contribution is 7.89. The van der Waals surface area contributed by atoms with Crippen molar-refractivity contribution in [3.05, 3.63) is 42.0 Å². The second-order valence-corrected chi connectivity index (χ2v) is 9.01. The molecule has 0 saturated carbocycles. The molecule has 174 valence electrons. The minimum atomic E-state index is -3.88. The van der Waals surface area contributed by atoms with Crippen molar-refractivity contribution in [2.45, 2.75) is 30.9 Å². The Morgan fingerprint density at radius 3 is 2.62 bits per heavy atom. The normalized spacial score (nSPS) is 13.7. The number of methoxy groups -OCH3 is 1. The molecule has 0 aromatic heterocycles. The van der Waals surface area contributed by atoms with E-state index < -0.39 is 22.0 Å². The van der Waals surface area contributed by atoms with Crippen LogP contribution in [0, 0.1) is 0 Å². The fourth-order valence-corrected chi connectivity index (χ4v) is 4.38. The number of benzene rings is 2. The molecule has 3 rings (SSSR count). The molecule has 2 aromatic rings. The van der Waals surface area contributed by atoms with Gasteiger partial charge in [-0.15, -0.1) is 0 Å². The maximum Gasteiger partial charge on any atom is 0.251 e. The zero-order chi connectivity index (χ0) is 23.3. The van der Waals surface area contributed by atoms with Crippen molar-refractivity contribution in [3.63, 3.8) is 0 Å². The van der Waals surface area contributed by atoms with Crippen LogP contribution in [0.4, 0.5) is 0 Å². The standard InChI is InChI=1S/C21H26N2O8S/c1-13(2)23-32(26,27)20-8-14(4-6-18(20)28-3)21(25)22-10-15(24)11-29-16-5-7-17-19(9-16)31-12-30-17/h4-9,13,15,23-24H,10-12H2,1-3H3,(H,22,25). The number of carbonyl (C=O) groups excluding carboxylic acids is 1. The van der Waals surface area contributed by atoms with Gasteiger partial charge in [0.05, 0.1) is 7.11 Å². The van der Waals surface area contributed by atoms with Crippen molar-refractivity contribution in [3.8, 4) is 23.0 Å². The Morgan fingerprint density at radius 1 is 1.16 bits per heavy atom. The number of hydrogen-bond donors (Lipinski definition) is 3. The zero-order valence-corrected chi connectivity index (χ0v) is 18.8. The summed E-state index contributed by atoms with van der Waals surface area (Å²) in [6.45, 7) is 3.36. The van der Waals surface area contributed by atoms with E-state index in [1.807, 2.05) is 0 Å². The van der Waals surface area contributed by atoms with Gasteiger partial charge in [-0.05, 0) is 44.2 Å². The van der Waals surface area contributed by atoms with E-state index >= 15 is 0 Å². The smallest absolute Gasteiger partial charge is 0.251 e. The summed E-state index contributed by atoms with van der Waals surface area (Å²) in [7, 11) is -2.53. The Labute approximate surface area is 186 Å². The molecule has 0 fully saturated rings. The molecule has 0 bridgehead atoms. The number of aliphatic hydroxyl groups excluding tert-OH is 1. The third-order valence-corrected chi connectivity index (χ3v) is 6.07. The van der Waals surface area contributed by atoms with E-state index in [2.05, 4.69) is 10.0 Å². The second kappa shape index (κ2) is 10.1. The molecule has 32 heavy (non-hydrogen) atoms. The summed E-state index contributed by atoms with van der Waals surface area (Å²) in [6.07, 6.45) is -0.992. The van der Waals surface area contributed by atoms with Crippen molar-refractivity contribution in [1.29, 1.82) is 0 Å². The van der Waals surface area contributed by atoms with Gasteiger partial charge in [0, 0.05) is 24.2 Å². The van der Waals surface area contributed by atoms with Crippen molar-refractivity contribution >= 4 is 15.9 Å². The third kappa shape index (κ3) is 5.81. The highest BCUT2D eigenvalue weighted by Crippen LogP contribution is 2.35. The molecule has 2 aromatic carbocycles. The molecule has 1 unspecified atom stereocenters. The average Bonchev–Trinajstić information content (AvgIpc) is 3.22. The number of sulfonamides is 1. The van der Waals surface area contributed by atoms with Crippen LogP contribution in [0.3, 0.4) is 0 Å². The summed E-state index contributed by atoms with van der Waals surface area (Å²) in [5, 5.41) is 12.7. The first-order valence-corrected chi connectivity index (χ1v) is 11.4. The van der Waals surface area contributed by atoms with E-state index in [4.69, 9.17) is 18.9 Å². The number of nitrogens with one attached hydrogen (secondary N) is 2. The number of carbonyl (C=O) groups is 1. The molecular weight excluding hydrogens is 440 g/mol. The molecule has 1 aliphatic heterocycles. The Bertz CT molecular complexity index is 1070. The summed E-state index contributed by atoms with van der Waals surface area (Å²) in [5.41, 5.74) is 0.110. The molecule has 0 radical (unpaired) electrons. The number of ether oxygens (including phenoxy) is 4. The van der Waals surface area contributed by atoms with Gasteiger partial charge in [-0.3, -0.25) is 4.79 Å². The maximum atomic E-state index is 12.6. The average molecular weight is 467 g/mol. The van der Waals surface area contributed by atoms with Gasteiger partial charge in [0.1, 0.15) is 29.1 Å². The predicted octanol–water partition coefficient (Wildman–Crippen LogP) is 1.28. The fourth-order valence-electron chi connectivity index (χ4n) is 2.93. The van der Waals surface area contributed by atoms with Gasteiger partial charge in [-0.1, -0.05) is 0 Å². The minimum absolute atomic E-state index is 0.0690. The molecule has 0 saturated heterocycles. The van der Waals surface area contributed by atoms with Crippen LogP contribution in [0.5, 0.6) is 23.0 Å². The number of aliphatic hydroxyl groups is 1. The molecular formula is C21H26N2O8S. The molecule has 10 nitrogen and oxygen atoms in total. The van der Waals surface area contributed by atoms with Gasteiger partial charge in [-0.25, -0.2) is 13.1 Å². The van der Waals surface area contributed by atoms with Gasteiger partial charge in [0.15, 0.2) is 11.5 Å². The number of amides is 1. The quantitative estimate of drug-likeness (QED) is 0.477. The van der Waals surface area contributed by atoms with Crippen LogP contribution in [-0.4, -0.2) is 58.6 Å². The first kappa shape index (κ1) is 23.6. The van der Waals surface area contributed by atoms with Gasteiger partial charge < -0.3 is 29.4 Å². The molecule has 1 amide bonds. The summed E-state index contributed by atoms with van der Waals surface area (Å²) < 4.78 is 48.7. The number of fused-ring (bicyclic) bond motifs is 1. The van der Waals surface area contributed by atoms with Crippen molar-refractivity contribution in [1.82, 2.24) is 10.0 Å².